The fourth-order valence-electron chi connectivity index (χ4n) is 18.1. The van der Waals surface area contributed by atoms with Crippen molar-refractivity contribution < 1.29 is 0 Å². The number of benzene rings is 16. The maximum absolute atomic E-state index is 4.98. The normalized spacial score (nSPS) is 11.5. The minimum Gasteiger partial charge on any atom is -0.309 e. The number of para-hydroxylation sites is 6. The summed E-state index contributed by atoms with van der Waals surface area (Å²) in [5.41, 5.74) is 27.9. The Labute approximate surface area is 713 Å². The predicted molar refractivity (Wildman–Crippen MR) is 507 cm³/mol. The Kier molecular flexibility index (Phi) is 17.9. The zero-order valence-corrected chi connectivity index (χ0v) is 66.9. The molecule has 0 saturated carbocycles. The van der Waals surface area contributed by atoms with Crippen molar-refractivity contribution in [3.05, 3.63) is 437 Å². The average molecular weight is 1590 g/mol. The van der Waals surface area contributed by atoms with Gasteiger partial charge >= 0.3 is 0 Å². The van der Waals surface area contributed by atoms with Crippen LogP contribution in [0.2, 0.25) is 0 Å². The first kappa shape index (κ1) is 72.3. The zero-order chi connectivity index (χ0) is 82.0. The van der Waals surface area contributed by atoms with Crippen molar-refractivity contribution in [2.24, 2.45) is 0 Å². The monoisotopic (exact) mass is 1580 g/mol. The molecule has 12 heteroatoms. The second-order valence-electron chi connectivity index (χ2n) is 30.9. The summed E-state index contributed by atoms with van der Waals surface area (Å²) in [6.45, 7) is 0. The molecule has 0 aliphatic heterocycles. The van der Waals surface area contributed by atoms with E-state index < -0.39 is 0 Å². The van der Waals surface area contributed by atoms with E-state index in [4.69, 9.17) is 39.9 Å². The molecular weight excluding hydrogens is 1510 g/mol. The second kappa shape index (κ2) is 30.8. The van der Waals surface area contributed by atoms with Gasteiger partial charge in [-0.3, -0.25) is 9.97 Å². The fourth-order valence-corrected chi connectivity index (χ4v) is 18.1. The smallest absolute Gasteiger partial charge is 0.182 e. The lowest BCUT2D eigenvalue weighted by atomic mass is 9.99. The SMILES string of the molecule is c1ccc(-c2nc(-c3ccccc3)nc(-c3cc(-c4cccc5c4c4ccccc4n5-c4ccc(-c5ccc6c7ccccc7n(-c7ccccc7)c6c5)cc4)ccn3)n2)cc1.c1ccc(-c2nc(-c3ccccc3)nc(-c3cc(-c4cccc5c4c4ccccc4n5-c4ccc(-c5cccc6c5c5ccccc5n6-c5ccccc5)cc4)ccn3)n2)cc1. The quantitative estimate of drug-likeness (QED) is 0.105. The summed E-state index contributed by atoms with van der Waals surface area (Å²) in [6.07, 6.45) is 3.71. The largest absolute Gasteiger partial charge is 0.309 e. The van der Waals surface area contributed by atoms with Crippen molar-refractivity contribution in [1.82, 2.24) is 58.1 Å². The molecular formula is C112H72N12. The third-order valence-electron chi connectivity index (χ3n) is 23.7. The highest BCUT2D eigenvalue weighted by Gasteiger charge is 2.24. The summed E-state index contributed by atoms with van der Waals surface area (Å²) in [4.78, 5) is 39.3. The number of rotatable bonds is 14. The number of nitrogens with zero attached hydrogens (tertiary/aromatic N) is 12. The molecule has 0 N–H and O–H groups in total. The maximum atomic E-state index is 4.98. The van der Waals surface area contributed by atoms with Crippen LogP contribution in [0, 0.1) is 0 Å². The van der Waals surface area contributed by atoms with Gasteiger partial charge in [0.2, 0.25) is 0 Å². The summed E-state index contributed by atoms with van der Waals surface area (Å²) < 4.78 is 9.50. The minimum atomic E-state index is 0.523. The van der Waals surface area contributed by atoms with Crippen molar-refractivity contribution in [2.45, 2.75) is 0 Å². The van der Waals surface area contributed by atoms with Crippen LogP contribution in [0.25, 0.3) is 223 Å². The van der Waals surface area contributed by atoms with Gasteiger partial charge in [-0.1, -0.05) is 303 Å². The molecule has 16 aromatic carbocycles. The van der Waals surface area contributed by atoms with Gasteiger partial charge in [0, 0.05) is 100 Å². The lowest BCUT2D eigenvalue weighted by molar-refractivity contribution is 1.06. The van der Waals surface area contributed by atoms with E-state index in [0.29, 0.717) is 46.3 Å². The van der Waals surface area contributed by atoms with Crippen LogP contribution in [-0.2, 0) is 0 Å². The summed E-state index contributed by atoms with van der Waals surface area (Å²) in [5.74, 6) is 3.47. The Morgan fingerprint density at radius 3 is 0.806 bits per heavy atom. The van der Waals surface area contributed by atoms with Crippen molar-refractivity contribution in [1.29, 1.82) is 0 Å². The lowest BCUT2D eigenvalue weighted by Gasteiger charge is -2.12. The van der Waals surface area contributed by atoms with E-state index in [2.05, 4.69) is 322 Å². The molecule has 580 valence electrons. The van der Waals surface area contributed by atoms with Crippen LogP contribution in [0.15, 0.2) is 437 Å². The molecule has 0 saturated heterocycles. The molecule has 0 aliphatic carbocycles. The van der Waals surface area contributed by atoms with E-state index in [1.54, 1.807) is 0 Å². The number of hydrogen-bond acceptors (Lipinski definition) is 8. The Balaban J connectivity index is 0.000000143. The van der Waals surface area contributed by atoms with Crippen LogP contribution in [-0.4, -0.2) is 58.1 Å². The molecule has 0 radical (unpaired) electrons. The first-order valence-electron chi connectivity index (χ1n) is 41.6. The third-order valence-corrected chi connectivity index (χ3v) is 23.7. The average Bonchev–Trinajstić information content (AvgIpc) is 1.59. The van der Waals surface area contributed by atoms with E-state index in [1.807, 2.05) is 134 Å². The first-order valence-corrected chi connectivity index (χ1v) is 41.6. The van der Waals surface area contributed by atoms with E-state index >= 15 is 0 Å². The Bertz CT molecular complexity index is 8030. The van der Waals surface area contributed by atoms with Crippen molar-refractivity contribution >= 4 is 87.2 Å². The van der Waals surface area contributed by atoms with Crippen LogP contribution in [0.5, 0.6) is 0 Å². The zero-order valence-electron chi connectivity index (χ0n) is 66.9. The summed E-state index contributed by atoms with van der Waals surface area (Å²) in [7, 11) is 0. The fraction of sp³-hybridized carbons (Fsp3) is 0. The first-order chi connectivity index (χ1) is 61.5. The molecule has 0 atom stereocenters. The molecule has 8 heterocycles. The van der Waals surface area contributed by atoms with Gasteiger partial charge in [-0.15, -0.1) is 0 Å². The van der Waals surface area contributed by atoms with E-state index in [-0.39, 0.29) is 0 Å². The van der Waals surface area contributed by atoms with Crippen LogP contribution < -0.4 is 0 Å². The van der Waals surface area contributed by atoms with Crippen molar-refractivity contribution in [3.63, 3.8) is 0 Å². The molecule has 8 aromatic heterocycles. The summed E-state index contributed by atoms with van der Waals surface area (Å²) in [5, 5.41) is 9.69. The number of fused-ring (bicyclic) bond motifs is 12. The highest BCUT2D eigenvalue weighted by Crippen LogP contribution is 2.45. The molecule has 0 aliphatic rings. The molecule has 124 heavy (non-hydrogen) atoms. The number of hydrogen-bond donors (Lipinski definition) is 0. The summed E-state index contributed by atoms with van der Waals surface area (Å²) in [6, 6.07) is 149. The van der Waals surface area contributed by atoms with Gasteiger partial charge in [0.1, 0.15) is 11.4 Å². The van der Waals surface area contributed by atoms with Crippen molar-refractivity contribution in [3.8, 4) is 136 Å². The molecule has 24 aromatic rings. The van der Waals surface area contributed by atoms with E-state index in [1.165, 1.54) is 81.8 Å². The standard InChI is InChI=1S/2C56H36N6/c1-4-16-38(17-5-1)54-58-55(39-18-6-2-7-19-39)60-56(59-54)47-36-40(34-35-57-47)44-25-15-29-51-53(44)46-23-11-13-27-49(46)62(51)42-32-30-37(31-33-42)43-24-14-28-50-52(43)45-22-10-12-26-48(45)61(50)41-20-8-3-9-21-41;1-4-15-38(16-5-1)54-58-55(39-17-6-2-7-18-39)60-56(59-54)48-35-41(33-34-57-48)44-23-14-26-51-53(44)47-22-11-13-25-50(47)61(51)43-30-27-37(28-31-43)40-29-32-46-45-21-10-12-24-49(45)62(52(46)36-40)42-19-8-3-9-20-42/h2*1-36H. The van der Waals surface area contributed by atoms with Crippen LogP contribution >= 0.6 is 0 Å². The Morgan fingerprint density at radius 1 is 0.153 bits per heavy atom. The van der Waals surface area contributed by atoms with E-state index in [9.17, 15) is 0 Å². The predicted octanol–water partition coefficient (Wildman–Crippen LogP) is 27.6. The maximum Gasteiger partial charge on any atom is 0.182 e. The molecule has 0 bridgehead atoms. The molecule has 0 amide bonds. The van der Waals surface area contributed by atoms with Gasteiger partial charge in [-0.2, -0.15) is 0 Å². The summed E-state index contributed by atoms with van der Waals surface area (Å²) >= 11 is 0. The lowest BCUT2D eigenvalue weighted by Crippen LogP contribution is -2.01. The Hall–Kier alpha value is -17.0. The van der Waals surface area contributed by atoms with Gasteiger partial charge in [-0.05, 0) is 166 Å². The Morgan fingerprint density at radius 2 is 0.427 bits per heavy atom. The van der Waals surface area contributed by atoms with Gasteiger partial charge < -0.3 is 18.3 Å². The number of aromatic nitrogens is 12. The number of pyridine rings is 2. The molecule has 24 rings (SSSR count). The van der Waals surface area contributed by atoms with Gasteiger partial charge in [0.05, 0.1) is 44.1 Å². The topological polar surface area (TPSA) is 123 Å². The molecule has 0 spiro atoms. The molecule has 0 unspecified atom stereocenters. The van der Waals surface area contributed by atoms with Crippen LogP contribution in [0.4, 0.5) is 0 Å². The van der Waals surface area contributed by atoms with Crippen LogP contribution in [0.3, 0.4) is 0 Å². The highest BCUT2D eigenvalue weighted by molar-refractivity contribution is 6.19. The van der Waals surface area contributed by atoms with Gasteiger partial charge in [0.15, 0.2) is 34.9 Å². The molecule has 0 fully saturated rings. The second-order valence-corrected chi connectivity index (χ2v) is 30.9. The van der Waals surface area contributed by atoms with Crippen molar-refractivity contribution in [2.75, 3.05) is 0 Å². The van der Waals surface area contributed by atoms with Gasteiger partial charge in [-0.25, -0.2) is 29.9 Å². The van der Waals surface area contributed by atoms with Gasteiger partial charge in [0.25, 0.3) is 0 Å². The van der Waals surface area contributed by atoms with Crippen LogP contribution in [0.1, 0.15) is 0 Å². The third kappa shape index (κ3) is 12.8. The highest BCUT2D eigenvalue weighted by atomic mass is 15.1. The van der Waals surface area contributed by atoms with E-state index in [0.717, 1.165) is 94.9 Å². The minimum absolute atomic E-state index is 0.523. The molecule has 12 nitrogen and oxygen atoms in total.